The summed E-state index contributed by atoms with van der Waals surface area (Å²) in [6.07, 6.45) is 0. The van der Waals surface area contributed by atoms with Gasteiger partial charge >= 0.3 is 0 Å². The van der Waals surface area contributed by atoms with Crippen LogP contribution in [0.3, 0.4) is 0 Å². The molecule has 1 aliphatic rings. The zero-order valence-corrected chi connectivity index (χ0v) is 27.0. The van der Waals surface area contributed by atoms with Crippen molar-refractivity contribution in [3.05, 3.63) is 117 Å². The first-order valence-electron chi connectivity index (χ1n) is 15.3. The van der Waals surface area contributed by atoms with Crippen LogP contribution >= 0.6 is 0 Å². The summed E-state index contributed by atoms with van der Waals surface area (Å²) in [4.78, 5) is 0. The fraction of sp³-hybridized carbons (Fsp3) is 0.385. The molecule has 4 nitrogen and oxygen atoms in total. The van der Waals surface area contributed by atoms with Crippen molar-refractivity contribution in [3.8, 4) is 22.6 Å². The van der Waals surface area contributed by atoms with E-state index in [-0.39, 0.29) is 37.3 Å². The highest BCUT2D eigenvalue weighted by atomic mass is 16.5. The Morgan fingerprint density at radius 2 is 0.930 bits per heavy atom. The fourth-order valence-corrected chi connectivity index (χ4v) is 6.85. The van der Waals surface area contributed by atoms with Gasteiger partial charge in [-0.15, -0.1) is 0 Å². The molecule has 1 aliphatic carbocycles. The molecule has 5 rings (SSSR count). The lowest BCUT2D eigenvalue weighted by atomic mass is 9.63. The fourth-order valence-electron chi connectivity index (χ4n) is 6.85. The lowest BCUT2D eigenvalue weighted by Crippen LogP contribution is -2.32. The second-order valence-electron chi connectivity index (χ2n) is 13.8. The molecule has 0 aliphatic heterocycles. The summed E-state index contributed by atoms with van der Waals surface area (Å²) in [6, 6.07) is 26.6. The molecule has 0 heterocycles. The summed E-state index contributed by atoms with van der Waals surface area (Å²) < 4.78 is 12.3. The van der Waals surface area contributed by atoms with E-state index >= 15 is 0 Å². The summed E-state index contributed by atoms with van der Waals surface area (Å²) in [7, 11) is 0. The molecule has 4 aromatic rings. The smallest absolute Gasteiger partial charge is 0.123 e. The number of rotatable bonds is 8. The SMILES string of the molecule is Cc1cc(OCCO)c(C(C)(C)C)cc1C1(c2cc(C(C)(C)C)c(OCCO)cc2C)c2ccccc2-c2ccccc21. The van der Waals surface area contributed by atoms with E-state index in [1.165, 1.54) is 33.4 Å². The zero-order valence-electron chi connectivity index (χ0n) is 27.0. The van der Waals surface area contributed by atoms with Crippen molar-refractivity contribution >= 4 is 0 Å². The monoisotopic (exact) mass is 578 g/mol. The number of hydrogen-bond acceptors (Lipinski definition) is 4. The third kappa shape index (κ3) is 5.25. The van der Waals surface area contributed by atoms with E-state index in [4.69, 9.17) is 9.47 Å². The first-order chi connectivity index (χ1) is 20.3. The Bertz CT molecular complexity index is 1510. The first-order valence-corrected chi connectivity index (χ1v) is 15.3. The number of fused-ring (bicyclic) bond motifs is 3. The van der Waals surface area contributed by atoms with Crippen molar-refractivity contribution in [2.75, 3.05) is 26.4 Å². The van der Waals surface area contributed by atoms with E-state index in [0.29, 0.717) is 0 Å². The second-order valence-corrected chi connectivity index (χ2v) is 13.8. The van der Waals surface area contributed by atoms with Crippen LogP contribution in [0.2, 0.25) is 0 Å². The van der Waals surface area contributed by atoms with Crippen molar-refractivity contribution in [1.29, 1.82) is 0 Å². The van der Waals surface area contributed by atoms with Gasteiger partial charge < -0.3 is 19.7 Å². The third-order valence-electron chi connectivity index (χ3n) is 8.73. The lowest BCUT2D eigenvalue weighted by molar-refractivity contribution is 0.198. The Morgan fingerprint density at radius 3 is 1.28 bits per heavy atom. The average Bonchev–Trinajstić information content (AvgIpc) is 3.24. The van der Waals surface area contributed by atoms with Crippen LogP contribution in [-0.4, -0.2) is 36.6 Å². The van der Waals surface area contributed by atoms with E-state index in [9.17, 15) is 10.2 Å². The highest BCUT2D eigenvalue weighted by molar-refractivity contribution is 5.87. The summed E-state index contributed by atoms with van der Waals surface area (Å²) >= 11 is 0. The largest absolute Gasteiger partial charge is 0.491 e. The van der Waals surface area contributed by atoms with Gasteiger partial charge in [0, 0.05) is 0 Å². The molecule has 43 heavy (non-hydrogen) atoms. The summed E-state index contributed by atoms with van der Waals surface area (Å²) in [5.41, 5.74) is 10.9. The molecule has 0 saturated carbocycles. The van der Waals surface area contributed by atoms with Gasteiger partial charge in [0.15, 0.2) is 0 Å². The number of aryl methyl sites for hydroxylation is 2. The molecule has 0 bridgehead atoms. The maximum Gasteiger partial charge on any atom is 0.123 e. The number of ether oxygens (including phenoxy) is 2. The van der Waals surface area contributed by atoms with E-state index in [0.717, 1.165) is 33.8 Å². The van der Waals surface area contributed by atoms with Gasteiger partial charge in [-0.2, -0.15) is 0 Å². The maximum absolute atomic E-state index is 9.58. The highest BCUT2D eigenvalue weighted by Crippen LogP contribution is 2.58. The van der Waals surface area contributed by atoms with Gasteiger partial charge in [0.1, 0.15) is 24.7 Å². The third-order valence-corrected chi connectivity index (χ3v) is 8.73. The Kier molecular flexibility index (Phi) is 8.24. The van der Waals surface area contributed by atoms with Crippen molar-refractivity contribution in [1.82, 2.24) is 0 Å². The number of benzene rings is 4. The van der Waals surface area contributed by atoms with Gasteiger partial charge in [-0.05, 0) is 105 Å². The minimum Gasteiger partial charge on any atom is -0.491 e. The number of aliphatic hydroxyl groups excluding tert-OH is 2. The van der Waals surface area contributed by atoms with Crippen LogP contribution in [0.15, 0.2) is 72.8 Å². The predicted molar refractivity (Wildman–Crippen MR) is 176 cm³/mol. The van der Waals surface area contributed by atoms with E-state index in [1.54, 1.807) is 0 Å². The average molecular weight is 579 g/mol. The first kappa shape index (κ1) is 30.8. The van der Waals surface area contributed by atoms with Crippen LogP contribution in [0, 0.1) is 13.8 Å². The van der Waals surface area contributed by atoms with Crippen molar-refractivity contribution in [2.45, 2.75) is 71.6 Å². The number of aliphatic hydroxyl groups is 2. The van der Waals surface area contributed by atoms with E-state index in [1.807, 2.05) is 0 Å². The topological polar surface area (TPSA) is 58.9 Å². The molecule has 0 fully saturated rings. The summed E-state index contributed by atoms with van der Waals surface area (Å²) in [5, 5.41) is 19.2. The Balaban J connectivity index is 1.96. The molecule has 0 spiro atoms. The van der Waals surface area contributed by atoms with Crippen LogP contribution in [0.25, 0.3) is 11.1 Å². The highest BCUT2D eigenvalue weighted by Gasteiger charge is 2.48. The van der Waals surface area contributed by atoms with Crippen LogP contribution in [0.4, 0.5) is 0 Å². The summed E-state index contributed by atoms with van der Waals surface area (Å²) in [6.45, 7) is 18.1. The van der Waals surface area contributed by atoms with Crippen molar-refractivity contribution in [2.24, 2.45) is 0 Å². The Hall–Kier alpha value is -3.60. The minimum absolute atomic E-state index is 0.0332. The molecule has 0 aromatic heterocycles. The normalized spacial score (nSPS) is 13.9. The summed E-state index contributed by atoms with van der Waals surface area (Å²) in [5.74, 6) is 1.63. The molecule has 0 unspecified atom stereocenters. The molecule has 4 heteroatoms. The van der Waals surface area contributed by atoms with Crippen LogP contribution in [0.1, 0.15) is 86.1 Å². The zero-order chi connectivity index (χ0) is 31.2. The van der Waals surface area contributed by atoms with Gasteiger partial charge in [0.05, 0.1) is 18.6 Å². The molecule has 0 saturated heterocycles. The molecular formula is C39H46O4. The molecular weight excluding hydrogens is 532 g/mol. The molecule has 226 valence electrons. The van der Waals surface area contributed by atoms with Gasteiger partial charge in [-0.3, -0.25) is 0 Å². The Morgan fingerprint density at radius 1 is 0.558 bits per heavy atom. The second kappa shape index (κ2) is 11.5. The van der Waals surface area contributed by atoms with Gasteiger partial charge in [-0.1, -0.05) is 90.1 Å². The van der Waals surface area contributed by atoms with Gasteiger partial charge in [0.25, 0.3) is 0 Å². The quantitative estimate of drug-likeness (QED) is 0.196. The molecule has 0 atom stereocenters. The van der Waals surface area contributed by atoms with E-state index in [2.05, 4.69) is 128 Å². The van der Waals surface area contributed by atoms with Crippen LogP contribution in [0.5, 0.6) is 11.5 Å². The standard InChI is InChI=1S/C39H46O4/c1-25-21-35(42-19-17-40)33(37(3,4)5)23-31(25)39(29-15-11-9-13-27(29)28-14-10-12-16-30(28)39)32-24-34(38(6,7)8)36(22-26(32)2)43-20-18-41/h9-16,21-24,40-41H,17-20H2,1-8H3. The van der Waals surface area contributed by atoms with Crippen molar-refractivity contribution < 1.29 is 19.7 Å². The lowest BCUT2D eigenvalue weighted by Gasteiger charge is -2.39. The molecule has 0 amide bonds. The molecule has 0 radical (unpaired) electrons. The number of hydrogen-bond donors (Lipinski definition) is 2. The minimum atomic E-state index is -0.591. The predicted octanol–water partition coefficient (Wildman–Crippen LogP) is 8.00. The van der Waals surface area contributed by atoms with Crippen molar-refractivity contribution in [3.63, 3.8) is 0 Å². The maximum atomic E-state index is 9.58. The molecule has 2 N–H and O–H groups in total. The van der Waals surface area contributed by atoms with Gasteiger partial charge in [0.2, 0.25) is 0 Å². The van der Waals surface area contributed by atoms with Crippen LogP contribution in [-0.2, 0) is 16.2 Å². The molecule has 4 aromatic carbocycles. The van der Waals surface area contributed by atoms with Crippen LogP contribution < -0.4 is 9.47 Å². The van der Waals surface area contributed by atoms with Gasteiger partial charge in [-0.25, -0.2) is 0 Å². The Labute approximate surface area is 257 Å². The van der Waals surface area contributed by atoms with E-state index < -0.39 is 5.41 Å².